The molecule has 0 saturated heterocycles. The van der Waals surface area contributed by atoms with E-state index in [1.807, 2.05) is 20.1 Å². The van der Waals surface area contributed by atoms with E-state index in [2.05, 4.69) is 16.0 Å². The number of carboxylic acid groups (broad SMARTS) is 1. The lowest BCUT2D eigenvalue weighted by Crippen LogP contribution is -2.57. The van der Waals surface area contributed by atoms with Gasteiger partial charge in [-0.25, -0.2) is 4.79 Å². The maximum absolute atomic E-state index is 12.2. The molecule has 0 bridgehead atoms. The first-order valence-electron chi connectivity index (χ1n) is 9.02. The fourth-order valence-corrected chi connectivity index (χ4v) is 2.73. The third kappa shape index (κ3) is 9.90. The van der Waals surface area contributed by atoms with E-state index in [9.17, 15) is 24.3 Å². The topological polar surface area (TPSA) is 171 Å². The Labute approximate surface area is 169 Å². The minimum Gasteiger partial charge on any atom is -0.480 e. The molecule has 0 aliphatic carbocycles. The Morgan fingerprint density at radius 2 is 1.54 bits per heavy atom. The first kappa shape index (κ1) is 26.1. The van der Waals surface area contributed by atoms with Crippen LogP contribution in [0.1, 0.15) is 33.6 Å². The van der Waals surface area contributed by atoms with E-state index in [0.29, 0.717) is 12.2 Å². The first-order chi connectivity index (χ1) is 13.0. The molecule has 4 atom stereocenters. The Morgan fingerprint density at radius 1 is 0.964 bits per heavy atom. The van der Waals surface area contributed by atoms with Gasteiger partial charge in [-0.15, -0.1) is 0 Å². The zero-order valence-electron chi connectivity index (χ0n) is 16.7. The van der Waals surface area contributed by atoms with Crippen LogP contribution in [0.25, 0.3) is 0 Å². The van der Waals surface area contributed by atoms with Crippen LogP contribution in [0.2, 0.25) is 0 Å². The molecule has 162 valence electrons. The zero-order valence-corrected chi connectivity index (χ0v) is 17.5. The molecule has 0 radical (unpaired) electrons. The Balaban J connectivity index is 4.75. The lowest BCUT2D eigenvalue weighted by molar-refractivity contribution is -0.142. The smallest absolute Gasteiger partial charge is 0.326 e. The third-order valence-corrected chi connectivity index (χ3v) is 4.50. The lowest BCUT2D eigenvalue weighted by Gasteiger charge is -2.22. The SMILES string of the molecule is CSCCC(NC(=O)C(C)NC(=O)C(CO)NC(=O)C(N)CC(C)C)C(=O)O. The van der Waals surface area contributed by atoms with Gasteiger partial charge in [-0.1, -0.05) is 13.8 Å². The van der Waals surface area contributed by atoms with Gasteiger partial charge in [-0.3, -0.25) is 14.4 Å². The van der Waals surface area contributed by atoms with Gasteiger partial charge in [-0.2, -0.15) is 11.8 Å². The summed E-state index contributed by atoms with van der Waals surface area (Å²) in [7, 11) is 0. The molecule has 7 N–H and O–H groups in total. The molecule has 28 heavy (non-hydrogen) atoms. The molecule has 0 aliphatic rings. The van der Waals surface area contributed by atoms with E-state index in [1.54, 1.807) is 0 Å². The van der Waals surface area contributed by atoms with Crippen LogP contribution in [0.3, 0.4) is 0 Å². The molecule has 0 aromatic heterocycles. The standard InChI is InChI=1S/C17H32N4O6S/c1-9(2)7-11(18)15(24)21-13(8-22)16(25)19-10(3)14(23)20-12(17(26)27)5-6-28-4/h9-13,22H,5-8,18H2,1-4H3,(H,19,25)(H,20,23)(H,21,24)(H,26,27). The van der Waals surface area contributed by atoms with Crippen LogP contribution in [0.5, 0.6) is 0 Å². The van der Waals surface area contributed by atoms with E-state index in [4.69, 9.17) is 10.8 Å². The largest absolute Gasteiger partial charge is 0.480 e. The molecule has 0 aromatic carbocycles. The van der Waals surface area contributed by atoms with Crippen LogP contribution in [0, 0.1) is 5.92 Å². The number of aliphatic carboxylic acids is 1. The number of nitrogens with one attached hydrogen (secondary N) is 3. The lowest BCUT2D eigenvalue weighted by atomic mass is 10.0. The molecule has 0 aliphatic heterocycles. The van der Waals surface area contributed by atoms with Crippen molar-refractivity contribution in [1.82, 2.24) is 16.0 Å². The summed E-state index contributed by atoms with van der Waals surface area (Å²) in [5.74, 6) is -2.47. The van der Waals surface area contributed by atoms with Crippen molar-refractivity contribution in [2.24, 2.45) is 11.7 Å². The number of hydrogen-bond acceptors (Lipinski definition) is 7. The van der Waals surface area contributed by atoms with Crippen molar-refractivity contribution in [3.8, 4) is 0 Å². The van der Waals surface area contributed by atoms with E-state index in [1.165, 1.54) is 18.7 Å². The third-order valence-electron chi connectivity index (χ3n) is 3.85. The fourth-order valence-electron chi connectivity index (χ4n) is 2.26. The Hall–Kier alpha value is -1.85. The fraction of sp³-hybridized carbons (Fsp3) is 0.765. The Bertz CT molecular complexity index is 546. The number of nitrogens with two attached hydrogens (primary N) is 1. The average Bonchev–Trinajstić information content (AvgIpc) is 2.61. The van der Waals surface area contributed by atoms with Gasteiger partial charge in [0.1, 0.15) is 18.1 Å². The van der Waals surface area contributed by atoms with Gasteiger partial charge >= 0.3 is 5.97 Å². The van der Waals surface area contributed by atoms with Crippen molar-refractivity contribution in [2.45, 2.75) is 57.8 Å². The molecule has 0 fully saturated rings. The number of carbonyl (C=O) groups excluding carboxylic acids is 3. The molecule has 10 nitrogen and oxygen atoms in total. The van der Waals surface area contributed by atoms with E-state index >= 15 is 0 Å². The van der Waals surface area contributed by atoms with Gasteiger partial charge in [0.05, 0.1) is 12.6 Å². The van der Waals surface area contributed by atoms with E-state index < -0.39 is 54.5 Å². The summed E-state index contributed by atoms with van der Waals surface area (Å²) in [4.78, 5) is 47.6. The highest BCUT2D eigenvalue weighted by Gasteiger charge is 2.28. The van der Waals surface area contributed by atoms with Crippen molar-refractivity contribution >= 4 is 35.5 Å². The Kier molecular flexibility index (Phi) is 12.5. The highest BCUT2D eigenvalue weighted by Crippen LogP contribution is 2.03. The number of rotatable bonds is 13. The van der Waals surface area contributed by atoms with Crippen LogP contribution >= 0.6 is 11.8 Å². The van der Waals surface area contributed by atoms with Gasteiger partial charge in [-0.05, 0) is 37.7 Å². The van der Waals surface area contributed by atoms with Crippen molar-refractivity contribution in [1.29, 1.82) is 0 Å². The van der Waals surface area contributed by atoms with Crippen LogP contribution < -0.4 is 21.7 Å². The minimum atomic E-state index is -1.27. The summed E-state index contributed by atoms with van der Waals surface area (Å²) in [6.07, 6.45) is 2.48. The number of carbonyl (C=O) groups is 4. The molecule has 0 spiro atoms. The highest BCUT2D eigenvalue weighted by atomic mass is 32.2. The first-order valence-corrected chi connectivity index (χ1v) is 10.4. The van der Waals surface area contributed by atoms with Crippen molar-refractivity contribution in [3.05, 3.63) is 0 Å². The quantitative estimate of drug-likeness (QED) is 0.213. The summed E-state index contributed by atoms with van der Waals surface area (Å²) in [6.45, 7) is 4.49. The van der Waals surface area contributed by atoms with Gasteiger partial charge in [0.2, 0.25) is 17.7 Å². The van der Waals surface area contributed by atoms with Crippen molar-refractivity contribution < 1.29 is 29.4 Å². The maximum Gasteiger partial charge on any atom is 0.326 e. The van der Waals surface area contributed by atoms with Crippen LogP contribution in [-0.4, -0.2) is 76.7 Å². The minimum absolute atomic E-state index is 0.180. The van der Waals surface area contributed by atoms with E-state index in [0.717, 1.165) is 0 Å². The number of aliphatic hydroxyl groups is 1. The normalized spacial score (nSPS) is 15.2. The summed E-state index contributed by atoms with van der Waals surface area (Å²) in [6, 6.07) is -4.22. The second-order valence-corrected chi connectivity index (χ2v) is 7.88. The van der Waals surface area contributed by atoms with Crippen molar-refractivity contribution in [2.75, 3.05) is 18.6 Å². The highest BCUT2D eigenvalue weighted by molar-refractivity contribution is 7.98. The molecule has 0 rings (SSSR count). The summed E-state index contributed by atoms with van der Waals surface area (Å²) in [5, 5.41) is 25.6. The number of amides is 3. The maximum atomic E-state index is 12.2. The van der Waals surface area contributed by atoms with Gasteiger partial charge < -0.3 is 31.9 Å². The molecule has 0 heterocycles. The summed E-state index contributed by atoms with van der Waals surface area (Å²) < 4.78 is 0. The Morgan fingerprint density at radius 3 is 2.00 bits per heavy atom. The van der Waals surface area contributed by atoms with Crippen LogP contribution in [0.15, 0.2) is 0 Å². The van der Waals surface area contributed by atoms with Crippen molar-refractivity contribution in [3.63, 3.8) is 0 Å². The number of carboxylic acids is 1. The molecule has 4 unspecified atom stereocenters. The molecular weight excluding hydrogens is 388 g/mol. The van der Waals surface area contributed by atoms with E-state index in [-0.39, 0.29) is 12.3 Å². The molecule has 11 heteroatoms. The monoisotopic (exact) mass is 420 g/mol. The van der Waals surface area contributed by atoms with Gasteiger partial charge in [0, 0.05) is 0 Å². The predicted molar refractivity (Wildman–Crippen MR) is 107 cm³/mol. The average molecular weight is 421 g/mol. The summed E-state index contributed by atoms with van der Waals surface area (Å²) >= 11 is 1.45. The van der Waals surface area contributed by atoms with Gasteiger partial charge in [0.15, 0.2) is 0 Å². The molecular formula is C17H32N4O6S. The van der Waals surface area contributed by atoms with Crippen LogP contribution in [0.4, 0.5) is 0 Å². The predicted octanol–water partition coefficient (Wildman–Crippen LogP) is -1.34. The second kappa shape index (κ2) is 13.3. The van der Waals surface area contributed by atoms with Crippen LogP contribution in [-0.2, 0) is 19.2 Å². The molecule has 0 saturated carbocycles. The number of aliphatic hydroxyl groups excluding tert-OH is 1. The summed E-state index contributed by atoms with van der Waals surface area (Å²) in [5.41, 5.74) is 5.75. The molecule has 3 amide bonds. The zero-order chi connectivity index (χ0) is 21.9. The molecule has 0 aromatic rings. The second-order valence-electron chi connectivity index (χ2n) is 6.89. The number of hydrogen-bond donors (Lipinski definition) is 6. The number of thioether (sulfide) groups is 1. The van der Waals surface area contributed by atoms with Gasteiger partial charge in [0.25, 0.3) is 0 Å².